The van der Waals surface area contributed by atoms with Crippen molar-refractivity contribution in [1.29, 1.82) is 0 Å². The van der Waals surface area contributed by atoms with Crippen molar-refractivity contribution in [3.05, 3.63) is 59.9 Å². The average molecular weight is 419 g/mol. The molecule has 2 unspecified atom stereocenters. The largest absolute Gasteiger partial charge is 0.334 e. The fraction of sp³-hybridized carbons (Fsp3) is 0.480. The zero-order valence-electron chi connectivity index (χ0n) is 18.3. The van der Waals surface area contributed by atoms with Gasteiger partial charge in [-0.05, 0) is 69.5 Å². The number of likely N-dealkylation sites (tertiary alicyclic amines) is 2. The van der Waals surface area contributed by atoms with E-state index in [0.717, 1.165) is 42.7 Å². The van der Waals surface area contributed by atoms with E-state index in [9.17, 15) is 9.59 Å². The van der Waals surface area contributed by atoms with Gasteiger partial charge in [0.05, 0.1) is 6.04 Å². The molecule has 2 amide bonds. The van der Waals surface area contributed by atoms with Crippen LogP contribution in [0.5, 0.6) is 0 Å². The molecule has 2 fully saturated rings. The summed E-state index contributed by atoms with van der Waals surface area (Å²) in [6.07, 6.45) is 5.94. The minimum absolute atomic E-state index is 0.00696. The molecule has 2 atom stereocenters. The molecule has 1 N–H and O–H groups in total. The number of nitrogens with one attached hydrogen (secondary N) is 1. The predicted molar refractivity (Wildman–Crippen MR) is 119 cm³/mol. The first-order valence-corrected chi connectivity index (χ1v) is 11.4. The van der Waals surface area contributed by atoms with E-state index in [4.69, 9.17) is 0 Å². The van der Waals surface area contributed by atoms with Crippen LogP contribution in [-0.4, -0.2) is 52.3 Å². The van der Waals surface area contributed by atoms with Gasteiger partial charge in [-0.3, -0.25) is 14.6 Å². The van der Waals surface area contributed by atoms with Gasteiger partial charge in [-0.2, -0.15) is 0 Å². The Bertz CT molecular complexity index is 984. The lowest BCUT2D eigenvalue weighted by molar-refractivity contribution is -0.139. The first-order chi connectivity index (χ1) is 15.0. The molecular formula is C25H30N4O2. The Morgan fingerprint density at radius 2 is 1.90 bits per heavy atom. The maximum Gasteiger partial charge on any atom is 0.237 e. The summed E-state index contributed by atoms with van der Waals surface area (Å²) >= 11 is 0. The highest BCUT2D eigenvalue weighted by Gasteiger charge is 2.59. The van der Waals surface area contributed by atoms with Gasteiger partial charge in [0.2, 0.25) is 11.8 Å². The van der Waals surface area contributed by atoms with Gasteiger partial charge >= 0.3 is 0 Å². The highest BCUT2D eigenvalue weighted by atomic mass is 16.2. The van der Waals surface area contributed by atoms with E-state index in [1.165, 1.54) is 0 Å². The highest BCUT2D eigenvalue weighted by molar-refractivity contribution is 6.07. The van der Waals surface area contributed by atoms with Crippen molar-refractivity contribution in [2.24, 2.45) is 5.92 Å². The number of rotatable bonds is 3. The molecule has 162 valence electrons. The van der Waals surface area contributed by atoms with Gasteiger partial charge in [0.1, 0.15) is 5.41 Å². The maximum absolute atomic E-state index is 13.8. The van der Waals surface area contributed by atoms with Crippen LogP contribution in [0, 0.1) is 5.92 Å². The smallest absolute Gasteiger partial charge is 0.237 e. The number of fused-ring (bicyclic) bond motifs is 2. The third-order valence-corrected chi connectivity index (χ3v) is 7.48. The van der Waals surface area contributed by atoms with Gasteiger partial charge in [0.25, 0.3) is 0 Å². The number of pyridine rings is 1. The molecule has 1 spiro atoms. The molecule has 6 nitrogen and oxygen atoms in total. The quantitative estimate of drug-likeness (QED) is 0.830. The van der Waals surface area contributed by atoms with Crippen LogP contribution in [0.4, 0.5) is 5.69 Å². The molecule has 31 heavy (non-hydrogen) atoms. The monoisotopic (exact) mass is 418 g/mol. The van der Waals surface area contributed by atoms with E-state index in [0.29, 0.717) is 19.0 Å². The first-order valence-electron chi connectivity index (χ1n) is 11.4. The lowest BCUT2D eigenvalue weighted by Crippen LogP contribution is -2.47. The molecule has 0 saturated carbocycles. The Morgan fingerprint density at radius 1 is 1.13 bits per heavy atom. The van der Waals surface area contributed by atoms with Gasteiger partial charge in [-0.1, -0.05) is 24.3 Å². The molecule has 0 bridgehead atoms. The van der Waals surface area contributed by atoms with Crippen molar-refractivity contribution < 1.29 is 9.59 Å². The number of amides is 2. The summed E-state index contributed by atoms with van der Waals surface area (Å²) in [5.74, 6) is 0.197. The van der Waals surface area contributed by atoms with Gasteiger partial charge < -0.3 is 15.1 Å². The maximum atomic E-state index is 13.8. The number of carbonyl (C=O) groups excluding carboxylic acids is 2. The first kappa shape index (κ1) is 20.2. The Hall–Kier alpha value is -2.73. The van der Waals surface area contributed by atoms with Crippen LogP contribution < -0.4 is 5.32 Å². The van der Waals surface area contributed by atoms with Crippen LogP contribution in [0.15, 0.2) is 48.8 Å². The van der Waals surface area contributed by atoms with Crippen molar-refractivity contribution in [3.63, 3.8) is 0 Å². The van der Waals surface area contributed by atoms with Crippen molar-refractivity contribution >= 4 is 17.5 Å². The molecule has 3 aliphatic rings. The Labute approximate surface area is 183 Å². The minimum Gasteiger partial charge on any atom is -0.334 e. The second kappa shape index (κ2) is 7.75. The van der Waals surface area contributed by atoms with Crippen molar-refractivity contribution in [1.82, 2.24) is 14.8 Å². The van der Waals surface area contributed by atoms with Crippen LogP contribution in [0.25, 0.3) is 0 Å². The summed E-state index contributed by atoms with van der Waals surface area (Å²) in [4.78, 5) is 35.9. The zero-order chi connectivity index (χ0) is 21.6. The number of nitrogens with zero attached hydrogens (tertiary/aromatic N) is 3. The molecule has 5 rings (SSSR count). The van der Waals surface area contributed by atoms with E-state index in [-0.39, 0.29) is 23.8 Å². The van der Waals surface area contributed by atoms with E-state index in [1.54, 1.807) is 6.20 Å². The molecule has 1 aromatic carbocycles. The molecule has 1 aromatic heterocycles. The van der Waals surface area contributed by atoms with Crippen molar-refractivity contribution in [2.75, 3.05) is 25.0 Å². The topological polar surface area (TPSA) is 65.5 Å². The van der Waals surface area contributed by atoms with E-state index >= 15 is 0 Å². The summed E-state index contributed by atoms with van der Waals surface area (Å²) in [5, 5.41) is 3.08. The number of hydrogen-bond donors (Lipinski definition) is 1. The third-order valence-electron chi connectivity index (χ3n) is 7.48. The van der Waals surface area contributed by atoms with Crippen LogP contribution in [-0.2, 0) is 15.0 Å². The fourth-order valence-corrected chi connectivity index (χ4v) is 5.82. The van der Waals surface area contributed by atoms with E-state index in [2.05, 4.69) is 29.0 Å². The molecule has 0 aliphatic carbocycles. The molecule has 3 aliphatic heterocycles. The molecule has 2 saturated heterocycles. The number of para-hydroxylation sites is 1. The SMILES string of the molecule is CC(C)N1CCC(C(=O)N2CCC3(C(=O)Nc4ccccc43)C2c2cccnc2)CC1. The standard InChI is InChI=1S/C25H30N4O2/c1-17(2)28-13-9-18(10-14-28)23(30)29-15-11-25(22(29)19-6-5-12-26-16-19)20-7-3-4-8-21(20)27-24(25)31/h3-8,12,16-18,22H,9-11,13-15H2,1-2H3,(H,27,31). The summed E-state index contributed by atoms with van der Waals surface area (Å²) in [6.45, 7) is 6.91. The molecular weight excluding hydrogens is 388 g/mol. The average Bonchev–Trinajstić information content (AvgIpc) is 3.33. The van der Waals surface area contributed by atoms with E-state index < -0.39 is 5.41 Å². The van der Waals surface area contributed by atoms with Crippen LogP contribution >= 0.6 is 0 Å². The summed E-state index contributed by atoms with van der Waals surface area (Å²) < 4.78 is 0. The van der Waals surface area contributed by atoms with Gasteiger partial charge in [0, 0.05) is 36.6 Å². The second-order valence-electron chi connectivity index (χ2n) is 9.35. The zero-order valence-corrected chi connectivity index (χ0v) is 18.3. The second-order valence-corrected chi connectivity index (χ2v) is 9.35. The Kier molecular flexibility index (Phi) is 5.05. The summed E-state index contributed by atoms with van der Waals surface area (Å²) in [6, 6.07) is 12.0. The molecule has 4 heterocycles. The normalized spacial score (nSPS) is 26.5. The molecule has 0 radical (unpaired) electrons. The number of anilines is 1. The number of piperidine rings is 1. The van der Waals surface area contributed by atoms with Crippen LogP contribution in [0.3, 0.4) is 0 Å². The Balaban J connectivity index is 1.51. The number of carbonyl (C=O) groups is 2. The Morgan fingerprint density at radius 3 is 2.61 bits per heavy atom. The third kappa shape index (κ3) is 3.16. The molecule has 6 heteroatoms. The molecule has 2 aromatic rings. The van der Waals surface area contributed by atoms with Crippen molar-refractivity contribution in [3.8, 4) is 0 Å². The van der Waals surface area contributed by atoms with Gasteiger partial charge in [-0.25, -0.2) is 0 Å². The van der Waals surface area contributed by atoms with Crippen LogP contribution in [0.1, 0.15) is 50.3 Å². The highest BCUT2D eigenvalue weighted by Crippen LogP contribution is 2.55. The number of hydrogen-bond acceptors (Lipinski definition) is 4. The lowest BCUT2D eigenvalue weighted by Gasteiger charge is -2.38. The van der Waals surface area contributed by atoms with Crippen molar-refractivity contribution in [2.45, 2.75) is 50.6 Å². The lowest BCUT2D eigenvalue weighted by atomic mass is 9.72. The number of aromatic nitrogens is 1. The van der Waals surface area contributed by atoms with Crippen LogP contribution in [0.2, 0.25) is 0 Å². The number of benzene rings is 1. The van der Waals surface area contributed by atoms with Gasteiger partial charge in [-0.15, -0.1) is 0 Å². The summed E-state index contributed by atoms with van der Waals surface area (Å²) in [5.41, 5.74) is 2.04. The minimum atomic E-state index is -0.756. The summed E-state index contributed by atoms with van der Waals surface area (Å²) in [7, 11) is 0. The fourth-order valence-electron chi connectivity index (χ4n) is 5.82. The predicted octanol–water partition coefficient (Wildman–Crippen LogP) is 3.37. The van der Waals surface area contributed by atoms with E-state index in [1.807, 2.05) is 47.5 Å². The van der Waals surface area contributed by atoms with Gasteiger partial charge in [0.15, 0.2) is 0 Å².